The maximum absolute atomic E-state index is 12.9. The molecule has 0 aliphatic carbocycles. The highest BCUT2D eigenvalue weighted by Gasteiger charge is 2.18. The molecule has 0 spiro atoms. The molecular formula is C71H88O10. The molecule has 0 fully saturated rings. The first-order valence-electron chi connectivity index (χ1n) is 30.3. The average molecular weight is 1100 g/mol. The van der Waals surface area contributed by atoms with Crippen LogP contribution in [0.25, 0.3) is 22.3 Å². The van der Waals surface area contributed by atoms with Crippen molar-refractivity contribution in [2.45, 2.75) is 175 Å². The van der Waals surface area contributed by atoms with Gasteiger partial charge in [-0.3, -0.25) is 9.59 Å². The van der Waals surface area contributed by atoms with Gasteiger partial charge in [-0.15, -0.1) is 0 Å². The second kappa shape index (κ2) is 36.2. The highest BCUT2D eigenvalue weighted by Crippen LogP contribution is 2.28. The molecule has 2 atom stereocenters. The van der Waals surface area contributed by atoms with Crippen LogP contribution in [0.4, 0.5) is 0 Å². The van der Waals surface area contributed by atoms with Crippen LogP contribution >= 0.6 is 0 Å². The van der Waals surface area contributed by atoms with Crippen molar-refractivity contribution in [3.8, 4) is 56.8 Å². The predicted octanol–water partition coefficient (Wildman–Crippen LogP) is 19.0. The first-order valence-corrected chi connectivity index (χ1v) is 30.3. The second-order valence-corrected chi connectivity index (χ2v) is 21.6. The van der Waals surface area contributed by atoms with Crippen LogP contribution in [0, 0.1) is 11.8 Å². The topological polar surface area (TPSA) is 124 Å². The molecular weight excluding hydrogens is 1010 g/mol. The molecule has 81 heavy (non-hydrogen) atoms. The summed E-state index contributed by atoms with van der Waals surface area (Å²) in [5.74, 6) is 1.40. The van der Waals surface area contributed by atoms with Gasteiger partial charge in [-0.25, -0.2) is 9.59 Å². The Morgan fingerprint density at radius 3 is 0.852 bits per heavy atom. The van der Waals surface area contributed by atoms with Crippen LogP contribution in [0.3, 0.4) is 0 Å². The van der Waals surface area contributed by atoms with Gasteiger partial charge in [-0.2, -0.15) is 0 Å². The van der Waals surface area contributed by atoms with E-state index in [4.69, 9.17) is 28.4 Å². The van der Waals surface area contributed by atoms with Gasteiger partial charge in [0.25, 0.3) is 0 Å². The lowest BCUT2D eigenvalue weighted by atomic mass is 10.00. The molecule has 0 unspecified atom stereocenters. The van der Waals surface area contributed by atoms with Gasteiger partial charge in [0, 0.05) is 0 Å². The summed E-state index contributed by atoms with van der Waals surface area (Å²) in [7, 11) is 0. The van der Waals surface area contributed by atoms with E-state index in [1.807, 2.05) is 86.6 Å². The van der Waals surface area contributed by atoms with Gasteiger partial charge in [0.2, 0.25) is 0 Å². The quantitative estimate of drug-likeness (QED) is 0.0210. The van der Waals surface area contributed by atoms with Crippen molar-refractivity contribution < 1.29 is 47.6 Å². The number of hydrogen-bond acceptors (Lipinski definition) is 10. The SMILES string of the molecule is CCCCCCCCOc1ccc(-c2ccc(OC(=O)c3ccc(OC(=O)[C@@H](C)CCCCCCCCCCC[C@H](C)C(=O)Oc4ccc(C(=O)Oc5ccc(-c6ccc(OCCCCCCCC)cc6)cc5)cc4)cc3)cc2)cc1. The van der Waals surface area contributed by atoms with Gasteiger partial charge in [-0.1, -0.05) is 198 Å². The number of rotatable bonds is 38. The Balaban J connectivity index is 0.755. The largest absolute Gasteiger partial charge is 0.494 e. The van der Waals surface area contributed by atoms with E-state index in [1.54, 1.807) is 72.8 Å². The lowest BCUT2D eigenvalue weighted by molar-refractivity contribution is -0.139. The lowest BCUT2D eigenvalue weighted by Crippen LogP contribution is -2.18. The molecule has 0 radical (unpaired) electrons. The van der Waals surface area contributed by atoms with Crippen LogP contribution in [-0.2, 0) is 9.59 Å². The van der Waals surface area contributed by atoms with E-state index in [9.17, 15) is 19.2 Å². The molecule has 0 saturated heterocycles. The number of unbranched alkanes of at least 4 members (excludes halogenated alkanes) is 18. The zero-order valence-corrected chi connectivity index (χ0v) is 48.8. The van der Waals surface area contributed by atoms with Crippen LogP contribution in [0.15, 0.2) is 146 Å². The van der Waals surface area contributed by atoms with Crippen LogP contribution in [0.1, 0.15) is 196 Å². The zero-order valence-electron chi connectivity index (χ0n) is 48.8. The van der Waals surface area contributed by atoms with Gasteiger partial charge in [-0.05, 0) is 145 Å². The number of ether oxygens (including phenoxy) is 6. The Kier molecular flexibility index (Phi) is 28.2. The first kappa shape index (κ1) is 63.0. The van der Waals surface area contributed by atoms with E-state index in [1.165, 1.54) is 64.2 Å². The first-order chi connectivity index (χ1) is 39.6. The monoisotopic (exact) mass is 1100 g/mol. The van der Waals surface area contributed by atoms with E-state index in [0.717, 1.165) is 130 Å². The summed E-state index contributed by atoms with van der Waals surface area (Å²) < 4.78 is 34.4. The number of carbonyl (C=O) groups is 4. The van der Waals surface area contributed by atoms with E-state index in [-0.39, 0.29) is 23.8 Å². The van der Waals surface area contributed by atoms with E-state index < -0.39 is 11.9 Å². The molecule has 432 valence electrons. The molecule has 0 aliphatic rings. The van der Waals surface area contributed by atoms with Crippen molar-refractivity contribution in [3.05, 3.63) is 157 Å². The number of esters is 4. The van der Waals surface area contributed by atoms with Crippen LogP contribution in [0.5, 0.6) is 34.5 Å². The fourth-order valence-electron chi connectivity index (χ4n) is 9.52. The second-order valence-electron chi connectivity index (χ2n) is 21.6. The van der Waals surface area contributed by atoms with E-state index in [0.29, 0.717) is 34.1 Å². The molecule has 0 amide bonds. The minimum Gasteiger partial charge on any atom is -0.494 e. The van der Waals surface area contributed by atoms with Gasteiger partial charge < -0.3 is 28.4 Å². The standard InChI is InChI=1S/C71H88O10/c1-5-7-9-11-20-24-52-76-62-40-28-56(29-41-62)58-32-44-66(45-33-58)80-70(74)60-36-48-64(49-37-60)78-68(72)54(3)26-22-18-16-14-13-15-17-19-23-27-55(4)69(73)79-65-50-38-61(39-51-65)71(75)81-67-46-34-59(35-47-67)57-30-42-63(43-31-57)77-53-25-21-12-10-8-6-2/h28-51,54-55H,5-27,52-53H2,1-4H3/t54-,55-/m0/s1. The highest BCUT2D eigenvalue weighted by molar-refractivity contribution is 5.92. The zero-order chi connectivity index (χ0) is 57.3. The van der Waals surface area contributed by atoms with Crippen molar-refractivity contribution in [3.63, 3.8) is 0 Å². The van der Waals surface area contributed by atoms with Crippen molar-refractivity contribution >= 4 is 23.9 Å². The molecule has 10 nitrogen and oxygen atoms in total. The fourth-order valence-corrected chi connectivity index (χ4v) is 9.52. The van der Waals surface area contributed by atoms with Gasteiger partial charge in [0.1, 0.15) is 34.5 Å². The Morgan fingerprint density at radius 1 is 0.296 bits per heavy atom. The van der Waals surface area contributed by atoms with Crippen molar-refractivity contribution in [1.82, 2.24) is 0 Å². The Bertz CT molecular complexity index is 2540. The fraction of sp³-hybridized carbons (Fsp3) is 0.437. The van der Waals surface area contributed by atoms with E-state index >= 15 is 0 Å². The summed E-state index contributed by atoms with van der Waals surface area (Å²) in [5, 5.41) is 0. The Morgan fingerprint density at radius 2 is 0.543 bits per heavy atom. The minimum absolute atomic E-state index is 0.235. The van der Waals surface area contributed by atoms with Crippen molar-refractivity contribution in [2.75, 3.05) is 13.2 Å². The lowest BCUT2D eigenvalue weighted by Gasteiger charge is -2.12. The summed E-state index contributed by atoms with van der Waals surface area (Å²) in [6.45, 7) is 9.72. The molecule has 0 N–H and O–H groups in total. The third-order valence-corrected chi connectivity index (χ3v) is 14.7. The Labute approximate surface area is 483 Å². The van der Waals surface area contributed by atoms with Gasteiger partial charge >= 0.3 is 23.9 Å². The molecule has 0 aromatic heterocycles. The van der Waals surface area contributed by atoms with Gasteiger partial charge in [0.15, 0.2) is 0 Å². The smallest absolute Gasteiger partial charge is 0.343 e. The van der Waals surface area contributed by atoms with Crippen molar-refractivity contribution in [2.24, 2.45) is 11.8 Å². The maximum Gasteiger partial charge on any atom is 0.343 e. The molecule has 6 aromatic carbocycles. The van der Waals surface area contributed by atoms with Gasteiger partial charge in [0.05, 0.1) is 36.2 Å². The third-order valence-electron chi connectivity index (χ3n) is 14.7. The normalized spacial score (nSPS) is 11.8. The number of hydrogen-bond donors (Lipinski definition) is 0. The van der Waals surface area contributed by atoms with E-state index in [2.05, 4.69) is 13.8 Å². The predicted molar refractivity (Wildman–Crippen MR) is 325 cm³/mol. The average Bonchev–Trinajstić information content (AvgIpc) is 3.49. The summed E-state index contributed by atoms with van der Waals surface area (Å²) in [6.07, 6.45) is 26.1. The highest BCUT2D eigenvalue weighted by atomic mass is 16.5. The van der Waals surface area contributed by atoms with Crippen LogP contribution < -0.4 is 28.4 Å². The molecule has 6 rings (SSSR count). The van der Waals surface area contributed by atoms with Crippen LogP contribution in [-0.4, -0.2) is 37.1 Å². The molecule has 0 aliphatic heterocycles. The molecule has 0 saturated carbocycles. The summed E-state index contributed by atoms with van der Waals surface area (Å²) in [4.78, 5) is 51.5. The van der Waals surface area contributed by atoms with Crippen molar-refractivity contribution in [1.29, 1.82) is 0 Å². The molecule has 10 heteroatoms. The number of carbonyl (C=O) groups excluding carboxylic acids is 4. The minimum atomic E-state index is -0.490. The number of benzene rings is 6. The Hall–Kier alpha value is -7.20. The maximum atomic E-state index is 12.9. The molecule has 0 heterocycles. The third kappa shape index (κ3) is 23.4. The molecule has 6 aromatic rings. The summed E-state index contributed by atoms with van der Waals surface area (Å²) in [6, 6.07) is 43.9. The summed E-state index contributed by atoms with van der Waals surface area (Å²) >= 11 is 0. The van der Waals surface area contributed by atoms with Crippen LogP contribution in [0.2, 0.25) is 0 Å². The molecule has 0 bridgehead atoms. The summed E-state index contributed by atoms with van der Waals surface area (Å²) in [5.41, 5.74) is 4.84.